The fraction of sp³-hybridized carbons (Fsp3) is 0.292. The Morgan fingerprint density at radius 1 is 1.03 bits per heavy atom. The number of nitrogens with zero attached hydrogens (tertiary/aromatic N) is 5. The molecule has 0 atom stereocenters. The van der Waals surface area contributed by atoms with Crippen molar-refractivity contribution in [2.75, 3.05) is 13.1 Å². The summed E-state index contributed by atoms with van der Waals surface area (Å²) in [7, 11) is 0. The van der Waals surface area contributed by atoms with Gasteiger partial charge in [0.1, 0.15) is 5.82 Å². The molecule has 1 aliphatic carbocycles. The van der Waals surface area contributed by atoms with Crippen LogP contribution in [0, 0.1) is 0 Å². The summed E-state index contributed by atoms with van der Waals surface area (Å²) >= 11 is 0. The summed E-state index contributed by atoms with van der Waals surface area (Å²) in [5, 5.41) is 4.26. The van der Waals surface area contributed by atoms with Gasteiger partial charge in [0.2, 0.25) is 0 Å². The summed E-state index contributed by atoms with van der Waals surface area (Å²) in [4.78, 5) is 40.0. The van der Waals surface area contributed by atoms with E-state index >= 15 is 0 Å². The molecule has 160 valence electrons. The molecule has 1 aliphatic heterocycles. The largest absolute Gasteiger partial charge is 0.337 e. The molecule has 4 heterocycles. The number of likely N-dealkylation sites (tertiary alicyclic amines) is 1. The fourth-order valence-electron chi connectivity index (χ4n) is 5.15. The van der Waals surface area contributed by atoms with Crippen LogP contribution in [-0.2, 0) is 11.8 Å². The Balaban J connectivity index is 1.28. The van der Waals surface area contributed by atoms with Gasteiger partial charge in [0.25, 0.3) is 11.5 Å². The molecule has 8 heteroatoms. The first-order valence-corrected chi connectivity index (χ1v) is 10.9. The molecule has 0 saturated carbocycles. The minimum absolute atomic E-state index is 0.0407. The summed E-state index contributed by atoms with van der Waals surface area (Å²) in [6.07, 6.45) is 6.46. The van der Waals surface area contributed by atoms with E-state index in [-0.39, 0.29) is 16.9 Å². The van der Waals surface area contributed by atoms with Crippen LogP contribution in [0.3, 0.4) is 0 Å². The van der Waals surface area contributed by atoms with E-state index in [2.05, 4.69) is 15.1 Å². The molecule has 0 unspecified atom stereocenters. The molecule has 1 saturated heterocycles. The molecule has 4 aromatic rings. The van der Waals surface area contributed by atoms with Gasteiger partial charge in [0, 0.05) is 35.8 Å². The average Bonchev–Trinajstić information content (AvgIpc) is 3.42. The maximum atomic E-state index is 13.2. The van der Waals surface area contributed by atoms with Gasteiger partial charge in [-0.3, -0.25) is 9.59 Å². The van der Waals surface area contributed by atoms with Crippen LogP contribution in [-0.4, -0.2) is 48.5 Å². The van der Waals surface area contributed by atoms with Crippen molar-refractivity contribution < 1.29 is 4.79 Å². The van der Waals surface area contributed by atoms with Gasteiger partial charge in [0.15, 0.2) is 11.3 Å². The fourth-order valence-corrected chi connectivity index (χ4v) is 5.15. The van der Waals surface area contributed by atoms with Gasteiger partial charge in [-0.25, -0.2) is 14.5 Å². The van der Waals surface area contributed by atoms with Crippen LogP contribution in [0.1, 0.15) is 41.0 Å². The molecule has 2 aliphatic rings. The Kier molecular flexibility index (Phi) is 4.21. The standard InChI is InChI=1S/C24H22N6O2/c31-22-17-8-9-24(20(17)27-21(28-22)16-5-2-1-3-6-16)10-13-29(14-11-24)23(32)18-15-25-19-7-4-12-26-30(18)19/h1-7,12,15H,8-11,13-14H2,(H,27,28,31). The van der Waals surface area contributed by atoms with E-state index in [4.69, 9.17) is 4.98 Å². The van der Waals surface area contributed by atoms with E-state index in [0.717, 1.165) is 42.5 Å². The monoisotopic (exact) mass is 426 g/mol. The Morgan fingerprint density at radius 3 is 2.66 bits per heavy atom. The summed E-state index contributed by atoms with van der Waals surface area (Å²) < 4.78 is 1.59. The Hall–Kier alpha value is -3.81. The SMILES string of the molecule is O=C(c1cnc2cccnn12)N1CCC2(CCc3c2nc(-c2ccccc2)[nH]c3=O)CC1. The number of piperidine rings is 1. The van der Waals surface area contributed by atoms with Gasteiger partial charge in [0.05, 0.1) is 11.9 Å². The molecule has 1 fully saturated rings. The third-order valence-corrected chi connectivity index (χ3v) is 6.92. The topological polar surface area (TPSA) is 96.2 Å². The first kappa shape index (κ1) is 18.9. The zero-order chi connectivity index (χ0) is 21.7. The normalized spacial score (nSPS) is 17.1. The maximum Gasteiger partial charge on any atom is 0.274 e. The van der Waals surface area contributed by atoms with Gasteiger partial charge in [-0.2, -0.15) is 5.10 Å². The van der Waals surface area contributed by atoms with Crippen LogP contribution in [0.15, 0.2) is 59.7 Å². The molecule has 0 bridgehead atoms. The highest BCUT2D eigenvalue weighted by Gasteiger charge is 2.45. The lowest BCUT2D eigenvalue weighted by Crippen LogP contribution is -2.45. The van der Waals surface area contributed by atoms with E-state index in [1.165, 1.54) is 0 Å². The first-order valence-electron chi connectivity index (χ1n) is 10.9. The van der Waals surface area contributed by atoms with Crippen molar-refractivity contribution in [2.24, 2.45) is 0 Å². The molecular formula is C24H22N6O2. The Labute approximate surface area is 184 Å². The highest BCUT2D eigenvalue weighted by Crippen LogP contribution is 2.44. The second-order valence-corrected chi connectivity index (χ2v) is 8.62. The van der Waals surface area contributed by atoms with Crippen molar-refractivity contribution in [3.63, 3.8) is 0 Å². The Morgan fingerprint density at radius 2 is 1.84 bits per heavy atom. The van der Waals surface area contributed by atoms with E-state index in [1.54, 1.807) is 23.0 Å². The number of carbonyl (C=O) groups is 1. The zero-order valence-electron chi connectivity index (χ0n) is 17.5. The highest BCUT2D eigenvalue weighted by atomic mass is 16.2. The van der Waals surface area contributed by atoms with Crippen LogP contribution in [0.5, 0.6) is 0 Å². The summed E-state index contributed by atoms with van der Waals surface area (Å²) in [6.45, 7) is 1.24. The van der Waals surface area contributed by atoms with Crippen molar-refractivity contribution in [3.8, 4) is 11.4 Å². The molecule has 1 amide bonds. The van der Waals surface area contributed by atoms with Crippen LogP contribution in [0.2, 0.25) is 0 Å². The van der Waals surface area contributed by atoms with Gasteiger partial charge in [-0.05, 0) is 37.8 Å². The number of benzene rings is 1. The molecule has 0 radical (unpaired) electrons. The van der Waals surface area contributed by atoms with Crippen molar-refractivity contribution in [2.45, 2.75) is 31.1 Å². The molecule has 3 aromatic heterocycles. The molecule has 1 N–H and O–H groups in total. The first-order chi connectivity index (χ1) is 15.6. The Bertz CT molecular complexity index is 1380. The predicted molar refractivity (Wildman–Crippen MR) is 118 cm³/mol. The molecule has 8 nitrogen and oxygen atoms in total. The number of H-pyrrole nitrogens is 1. The average molecular weight is 426 g/mol. The third kappa shape index (κ3) is 2.86. The second-order valence-electron chi connectivity index (χ2n) is 8.62. The van der Waals surface area contributed by atoms with E-state index in [9.17, 15) is 9.59 Å². The van der Waals surface area contributed by atoms with Crippen LogP contribution < -0.4 is 5.56 Å². The van der Waals surface area contributed by atoms with E-state index in [1.807, 2.05) is 41.3 Å². The molecule has 1 spiro atoms. The summed E-state index contributed by atoms with van der Waals surface area (Å²) in [6, 6.07) is 13.4. The second kappa shape index (κ2) is 7.12. The lowest BCUT2D eigenvalue weighted by Gasteiger charge is -2.39. The van der Waals surface area contributed by atoms with Crippen LogP contribution in [0.25, 0.3) is 17.0 Å². The van der Waals surface area contributed by atoms with E-state index < -0.39 is 0 Å². The molecular weight excluding hydrogens is 404 g/mol. The van der Waals surface area contributed by atoms with Crippen molar-refractivity contribution in [1.82, 2.24) is 29.5 Å². The van der Waals surface area contributed by atoms with Gasteiger partial charge in [-0.15, -0.1) is 0 Å². The van der Waals surface area contributed by atoms with Crippen molar-refractivity contribution in [1.29, 1.82) is 0 Å². The summed E-state index contributed by atoms with van der Waals surface area (Å²) in [5.74, 6) is 0.555. The van der Waals surface area contributed by atoms with Gasteiger partial charge >= 0.3 is 0 Å². The number of fused-ring (bicyclic) bond motifs is 3. The quantitative estimate of drug-likeness (QED) is 0.532. The van der Waals surface area contributed by atoms with Gasteiger partial charge < -0.3 is 9.88 Å². The number of carbonyl (C=O) groups excluding carboxylic acids is 1. The summed E-state index contributed by atoms with van der Waals surface area (Å²) in [5.41, 5.74) is 3.57. The molecule has 6 rings (SSSR count). The van der Waals surface area contributed by atoms with Crippen LogP contribution in [0.4, 0.5) is 0 Å². The lowest BCUT2D eigenvalue weighted by atomic mass is 9.76. The predicted octanol–water partition coefficient (Wildman–Crippen LogP) is 2.60. The zero-order valence-corrected chi connectivity index (χ0v) is 17.5. The third-order valence-electron chi connectivity index (χ3n) is 6.92. The number of imidazole rings is 1. The number of aromatic nitrogens is 5. The molecule has 1 aromatic carbocycles. The number of aromatic amines is 1. The van der Waals surface area contributed by atoms with E-state index in [0.29, 0.717) is 30.3 Å². The minimum Gasteiger partial charge on any atom is -0.337 e. The number of hydrogen-bond acceptors (Lipinski definition) is 5. The number of nitrogens with one attached hydrogen (secondary N) is 1. The van der Waals surface area contributed by atoms with Crippen molar-refractivity contribution in [3.05, 3.63) is 82.2 Å². The lowest BCUT2D eigenvalue weighted by molar-refractivity contribution is 0.0655. The minimum atomic E-state index is -0.151. The van der Waals surface area contributed by atoms with Crippen LogP contribution >= 0.6 is 0 Å². The number of amides is 1. The van der Waals surface area contributed by atoms with Gasteiger partial charge in [-0.1, -0.05) is 30.3 Å². The van der Waals surface area contributed by atoms with Crippen molar-refractivity contribution >= 4 is 11.6 Å². The smallest absolute Gasteiger partial charge is 0.274 e. The molecule has 32 heavy (non-hydrogen) atoms. The number of hydrogen-bond donors (Lipinski definition) is 1. The number of rotatable bonds is 2. The highest BCUT2D eigenvalue weighted by molar-refractivity contribution is 5.93. The maximum absolute atomic E-state index is 13.2.